The van der Waals surface area contributed by atoms with Crippen molar-refractivity contribution >= 4 is 16.8 Å². The van der Waals surface area contributed by atoms with Crippen molar-refractivity contribution < 1.29 is 14.3 Å². The van der Waals surface area contributed by atoms with Gasteiger partial charge < -0.3 is 19.8 Å². The second-order valence-corrected chi connectivity index (χ2v) is 8.09. The molecule has 30 heavy (non-hydrogen) atoms. The van der Waals surface area contributed by atoms with Crippen LogP contribution in [0.15, 0.2) is 36.5 Å². The first-order chi connectivity index (χ1) is 14.7. The molecule has 5 rings (SSSR count). The first-order valence-electron chi connectivity index (χ1n) is 10.5. The zero-order valence-corrected chi connectivity index (χ0v) is 17.0. The van der Waals surface area contributed by atoms with Gasteiger partial charge in [-0.2, -0.15) is 5.10 Å². The van der Waals surface area contributed by atoms with Gasteiger partial charge in [-0.1, -0.05) is 6.07 Å². The van der Waals surface area contributed by atoms with Gasteiger partial charge in [-0.3, -0.25) is 14.4 Å². The molecule has 3 aromatic rings. The van der Waals surface area contributed by atoms with Crippen LogP contribution >= 0.6 is 0 Å². The Morgan fingerprint density at radius 2 is 2.10 bits per heavy atom. The topological polar surface area (TPSA) is 87.5 Å². The van der Waals surface area contributed by atoms with Crippen molar-refractivity contribution in [2.24, 2.45) is 5.73 Å². The Morgan fingerprint density at radius 1 is 1.23 bits per heavy atom. The summed E-state index contributed by atoms with van der Waals surface area (Å²) < 4.78 is 15.8. The summed E-state index contributed by atoms with van der Waals surface area (Å²) in [4.78, 5) is 13.7. The van der Waals surface area contributed by atoms with E-state index >= 15 is 0 Å². The van der Waals surface area contributed by atoms with Crippen LogP contribution in [-0.2, 0) is 35.8 Å². The van der Waals surface area contributed by atoms with Crippen molar-refractivity contribution in [1.82, 2.24) is 19.2 Å². The van der Waals surface area contributed by atoms with Crippen LogP contribution < -0.4 is 10.5 Å². The fourth-order valence-corrected chi connectivity index (χ4v) is 4.43. The van der Waals surface area contributed by atoms with Gasteiger partial charge in [-0.05, 0) is 37.1 Å². The number of carbonyl (C=O) groups excluding carboxylic acids is 1. The molecule has 158 valence electrons. The molecule has 4 heterocycles. The van der Waals surface area contributed by atoms with Crippen LogP contribution in [0.5, 0.6) is 5.75 Å². The third kappa shape index (κ3) is 3.93. The van der Waals surface area contributed by atoms with Crippen LogP contribution in [-0.4, -0.2) is 51.0 Å². The average Bonchev–Trinajstić information content (AvgIpc) is 3.33. The average molecular weight is 409 g/mol. The minimum Gasteiger partial charge on any atom is -0.490 e. The molecule has 2 aliphatic rings. The van der Waals surface area contributed by atoms with E-state index in [1.54, 1.807) is 0 Å². The summed E-state index contributed by atoms with van der Waals surface area (Å²) in [5.74, 6) is 0.522. The molecule has 0 aliphatic carbocycles. The number of rotatable bonds is 6. The summed E-state index contributed by atoms with van der Waals surface area (Å²) in [7, 11) is 0. The lowest BCUT2D eigenvalue weighted by atomic mass is 10.1. The largest absolute Gasteiger partial charge is 0.490 e. The van der Waals surface area contributed by atoms with E-state index in [9.17, 15) is 4.79 Å². The van der Waals surface area contributed by atoms with E-state index in [1.165, 1.54) is 5.69 Å². The highest BCUT2D eigenvalue weighted by atomic mass is 16.5. The van der Waals surface area contributed by atoms with Crippen molar-refractivity contribution in [1.29, 1.82) is 0 Å². The number of piperidine rings is 1. The Bertz CT molecular complexity index is 1020. The number of nitrogens with two attached hydrogens (primary N) is 1. The number of ether oxygens (including phenoxy) is 2. The van der Waals surface area contributed by atoms with Crippen molar-refractivity contribution in [3.63, 3.8) is 0 Å². The van der Waals surface area contributed by atoms with E-state index in [2.05, 4.69) is 15.6 Å². The normalized spacial score (nSPS) is 17.9. The standard InChI is InChI=1S/C22H27N5O3/c23-22(28)14-26-9-6-19-20(26)2-1-3-21(19)30-18-4-7-25(8-5-18)13-16-12-17-15-29-11-10-27(17)24-16/h1-3,6,9,12,18H,4-5,7-8,10-11,13-15H2,(H2,23,28). The minimum absolute atomic E-state index is 0.176. The number of hydrogen-bond donors (Lipinski definition) is 1. The van der Waals surface area contributed by atoms with Gasteiger partial charge in [0.2, 0.25) is 5.91 Å². The maximum Gasteiger partial charge on any atom is 0.237 e. The number of benzene rings is 1. The summed E-state index contributed by atoms with van der Waals surface area (Å²) in [5.41, 5.74) is 8.61. The van der Waals surface area contributed by atoms with E-state index in [1.807, 2.05) is 35.0 Å². The van der Waals surface area contributed by atoms with Gasteiger partial charge in [0.25, 0.3) is 0 Å². The number of hydrogen-bond acceptors (Lipinski definition) is 5. The summed E-state index contributed by atoms with van der Waals surface area (Å²) in [6, 6.07) is 10.1. The quantitative estimate of drug-likeness (QED) is 0.672. The highest BCUT2D eigenvalue weighted by Gasteiger charge is 2.23. The van der Waals surface area contributed by atoms with Gasteiger partial charge in [0.05, 0.1) is 36.7 Å². The summed E-state index contributed by atoms with van der Waals surface area (Å²) in [6.07, 6.45) is 4.04. The van der Waals surface area contributed by atoms with E-state index in [0.717, 1.165) is 68.0 Å². The molecule has 1 aromatic carbocycles. The molecule has 0 spiro atoms. The van der Waals surface area contributed by atoms with Crippen LogP contribution in [0.2, 0.25) is 0 Å². The van der Waals surface area contributed by atoms with E-state index in [0.29, 0.717) is 6.61 Å². The Labute approximate surface area is 175 Å². The maximum absolute atomic E-state index is 11.3. The molecule has 1 amide bonds. The second-order valence-electron chi connectivity index (χ2n) is 8.09. The number of fused-ring (bicyclic) bond motifs is 2. The highest BCUT2D eigenvalue weighted by Crippen LogP contribution is 2.29. The van der Waals surface area contributed by atoms with Gasteiger partial charge in [-0.25, -0.2) is 0 Å². The van der Waals surface area contributed by atoms with Crippen molar-refractivity contribution in [3.05, 3.63) is 47.9 Å². The molecular weight excluding hydrogens is 382 g/mol. The van der Waals surface area contributed by atoms with Crippen LogP contribution in [0.25, 0.3) is 10.9 Å². The molecule has 1 saturated heterocycles. The van der Waals surface area contributed by atoms with Gasteiger partial charge >= 0.3 is 0 Å². The number of primary amides is 1. The predicted molar refractivity (Wildman–Crippen MR) is 112 cm³/mol. The molecule has 8 nitrogen and oxygen atoms in total. The van der Waals surface area contributed by atoms with E-state index in [4.69, 9.17) is 20.3 Å². The molecule has 0 radical (unpaired) electrons. The molecule has 2 aliphatic heterocycles. The van der Waals surface area contributed by atoms with Crippen molar-refractivity contribution in [3.8, 4) is 5.75 Å². The van der Waals surface area contributed by atoms with Crippen molar-refractivity contribution in [2.45, 2.75) is 45.2 Å². The lowest BCUT2D eigenvalue weighted by Gasteiger charge is -2.31. The molecule has 2 N–H and O–H groups in total. The lowest BCUT2D eigenvalue weighted by molar-refractivity contribution is -0.118. The first kappa shape index (κ1) is 19.1. The number of aromatic nitrogens is 3. The zero-order chi connectivity index (χ0) is 20.5. The molecule has 8 heteroatoms. The van der Waals surface area contributed by atoms with Gasteiger partial charge in [0.1, 0.15) is 18.4 Å². The van der Waals surface area contributed by atoms with Crippen LogP contribution in [0.1, 0.15) is 24.2 Å². The molecule has 2 aromatic heterocycles. The van der Waals surface area contributed by atoms with E-state index in [-0.39, 0.29) is 18.6 Å². The fraction of sp³-hybridized carbons (Fsp3) is 0.455. The molecule has 1 fully saturated rings. The van der Waals surface area contributed by atoms with Gasteiger partial charge in [0.15, 0.2) is 0 Å². The van der Waals surface area contributed by atoms with Crippen LogP contribution in [0.4, 0.5) is 0 Å². The van der Waals surface area contributed by atoms with Gasteiger partial charge in [0, 0.05) is 31.2 Å². The predicted octanol–water partition coefficient (Wildman–Crippen LogP) is 1.90. The smallest absolute Gasteiger partial charge is 0.237 e. The number of nitrogens with zero attached hydrogens (tertiary/aromatic N) is 4. The molecular formula is C22H27N5O3. The third-order valence-corrected chi connectivity index (χ3v) is 5.92. The first-order valence-corrected chi connectivity index (χ1v) is 10.5. The highest BCUT2D eigenvalue weighted by molar-refractivity contribution is 5.87. The fourth-order valence-electron chi connectivity index (χ4n) is 4.43. The Balaban J connectivity index is 1.20. The third-order valence-electron chi connectivity index (χ3n) is 5.92. The summed E-state index contributed by atoms with van der Waals surface area (Å²) in [6.45, 7) is 5.28. The molecule has 0 unspecified atom stereocenters. The van der Waals surface area contributed by atoms with E-state index < -0.39 is 0 Å². The Morgan fingerprint density at radius 3 is 2.90 bits per heavy atom. The zero-order valence-electron chi connectivity index (χ0n) is 17.0. The summed E-state index contributed by atoms with van der Waals surface area (Å²) >= 11 is 0. The SMILES string of the molecule is NC(=O)Cn1ccc2c(OC3CCN(Cc4cc5n(n4)CCOC5)CC3)cccc21. The van der Waals surface area contributed by atoms with Crippen molar-refractivity contribution in [2.75, 3.05) is 19.7 Å². The number of carbonyl (C=O) groups is 1. The Hall–Kier alpha value is -2.84. The van der Waals surface area contributed by atoms with Crippen LogP contribution in [0, 0.1) is 0 Å². The molecule has 0 bridgehead atoms. The number of likely N-dealkylation sites (tertiary alicyclic amines) is 1. The number of amides is 1. The summed E-state index contributed by atoms with van der Waals surface area (Å²) in [5, 5.41) is 5.74. The monoisotopic (exact) mass is 409 g/mol. The maximum atomic E-state index is 11.3. The Kier molecular flexibility index (Phi) is 5.18. The molecule has 0 atom stereocenters. The second kappa shape index (κ2) is 8.12. The lowest BCUT2D eigenvalue weighted by Crippen LogP contribution is -2.37. The minimum atomic E-state index is -0.350. The molecule has 0 saturated carbocycles. The van der Waals surface area contributed by atoms with Gasteiger partial charge in [-0.15, -0.1) is 0 Å². The van der Waals surface area contributed by atoms with Crippen LogP contribution in [0.3, 0.4) is 0 Å².